The fourth-order valence-electron chi connectivity index (χ4n) is 4.35. The summed E-state index contributed by atoms with van der Waals surface area (Å²) in [6.07, 6.45) is 0.845. The third-order valence-electron chi connectivity index (χ3n) is 6.16. The lowest BCUT2D eigenvalue weighted by Gasteiger charge is -2.29. The van der Waals surface area contributed by atoms with Crippen molar-refractivity contribution in [2.24, 2.45) is 0 Å². The van der Waals surface area contributed by atoms with Gasteiger partial charge in [-0.2, -0.15) is 0 Å². The zero-order chi connectivity index (χ0) is 25.8. The molecule has 0 aliphatic carbocycles. The molecule has 0 saturated carbocycles. The number of carbonyl (C=O) groups is 2. The molecule has 9 heteroatoms. The fourth-order valence-corrected chi connectivity index (χ4v) is 4.35. The van der Waals surface area contributed by atoms with E-state index in [0.29, 0.717) is 41.4 Å². The van der Waals surface area contributed by atoms with E-state index in [0.717, 1.165) is 11.1 Å². The van der Waals surface area contributed by atoms with E-state index in [1.54, 1.807) is 31.4 Å². The first kappa shape index (κ1) is 24.2. The highest BCUT2D eigenvalue weighted by atomic mass is 19.1. The van der Waals surface area contributed by atoms with Crippen molar-refractivity contribution >= 4 is 12.0 Å². The van der Waals surface area contributed by atoms with E-state index in [1.165, 1.54) is 18.2 Å². The van der Waals surface area contributed by atoms with Gasteiger partial charge in [0.25, 0.3) is 0 Å². The maximum absolute atomic E-state index is 14.1. The third-order valence-corrected chi connectivity index (χ3v) is 6.16. The molecule has 2 aliphatic heterocycles. The Kier molecular flexibility index (Phi) is 6.93. The Morgan fingerprint density at radius 1 is 1.00 bits per heavy atom. The molecule has 3 aromatic rings. The first-order valence-corrected chi connectivity index (χ1v) is 11.7. The summed E-state index contributed by atoms with van der Waals surface area (Å²) in [7, 11) is 1.56. The van der Waals surface area contributed by atoms with Crippen molar-refractivity contribution in [2.45, 2.75) is 25.5 Å². The molecule has 0 spiro atoms. The Bertz CT molecular complexity index is 1370. The van der Waals surface area contributed by atoms with E-state index in [-0.39, 0.29) is 19.0 Å². The summed E-state index contributed by atoms with van der Waals surface area (Å²) in [5, 5.41) is 5.50. The molecule has 0 bridgehead atoms. The monoisotopic (exact) mass is 504 g/mol. The van der Waals surface area contributed by atoms with Crippen molar-refractivity contribution in [3.05, 3.63) is 101 Å². The van der Waals surface area contributed by atoms with E-state index in [1.807, 2.05) is 24.3 Å². The van der Waals surface area contributed by atoms with Crippen LogP contribution in [0.4, 0.5) is 9.18 Å². The second-order valence-electron chi connectivity index (χ2n) is 8.59. The number of urea groups is 1. The van der Waals surface area contributed by atoms with Crippen molar-refractivity contribution in [3.63, 3.8) is 0 Å². The molecule has 5 rings (SSSR count). The van der Waals surface area contributed by atoms with Crippen molar-refractivity contribution in [1.29, 1.82) is 0 Å². The second-order valence-corrected chi connectivity index (χ2v) is 8.59. The van der Waals surface area contributed by atoms with Crippen molar-refractivity contribution < 1.29 is 32.9 Å². The summed E-state index contributed by atoms with van der Waals surface area (Å²) in [6.45, 7) is 0.170. The summed E-state index contributed by atoms with van der Waals surface area (Å²) >= 11 is 0. The number of amides is 2. The number of aryl methyl sites for hydroxylation is 1. The molecule has 0 saturated heterocycles. The summed E-state index contributed by atoms with van der Waals surface area (Å²) in [4.78, 5) is 26.0. The highest BCUT2D eigenvalue weighted by molar-refractivity contribution is 5.95. The molecule has 2 aliphatic rings. The third kappa shape index (κ3) is 5.50. The Hall–Kier alpha value is -4.53. The number of hydrogen-bond acceptors (Lipinski definition) is 6. The number of rotatable bonds is 8. The fraction of sp³-hybridized carbons (Fsp3) is 0.214. The molecule has 2 heterocycles. The number of ether oxygens (including phenoxy) is 4. The smallest absolute Gasteiger partial charge is 0.338 e. The van der Waals surface area contributed by atoms with Gasteiger partial charge in [0.15, 0.2) is 11.5 Å². The van der Waals surface area contributed by atoms with Crippen LogP contribution in [0.25, 0.3) is 0 Å². The summed E-state index contributed by atoms with van der Waals surface area (Å²) < 4.78 is 35.8. The SMILES string of the molecule is COc1cccc(COC(=O)C2=C(CCc3ccc4c(c3)OCO4)NC(=O)NC2c2cccc(F)c2)c1. The molecule has 0 radical (unpaired) electrons. The molecule has 37 heavy (non-hydrogen) atoms. The highest BCUT2D eigenvalue weighted by Crippen LogP contribution is 2.34. The van der Waals surface area contributed by atoms with Gasteiger partial charge in [0, 0.05) is 5.70 Å². The van der Waals surface area contributed by atoms with Crippen LogP contribution >= 0.6 is 0 Å². The van der Waals surface area contributed by atoms with Gasteiger partial charge >= 0.3 is 12.0 Å². The van der Waals surface area contributed by atoms with E-state index >= 15 is 0 Å². The van der Waals surface area contributed by atoms with Crippen molar-refractivity contribution in [1.82, 2.24) is 10.6 Å². The largest absolute Gasteiger partial charge is 0.497 e. The standard InChI is InChI=1S/C28H25FN2O6/c1-34-21-7-2-4-18(12-21)15-35-27(32)25-22(10-8-17-9-11-23-24(13-17)37-16-36-23)30-28(33)31-26(25)19-5-3-6-20(29)14-19/h2-7,9,11-14,26H,8,10,15-16H2,1H3,(H2,30,31,33). The quantitative estimate of drug-likeness (QED) is 0.437. The molecule has 1 atom stereocenters. The Labute approximate surface area is 213 Å². The molecule has 8 nitrogen and oxygen atoms in total. The molecular weight excluding hydrogens is 479 g/mol. The number of benzene rings is 3. The maximum atomic E-state index is 14.1. The zero-order valence-corrected chi connectivity index (χ0v) is 20.1. The lowest BCUT2D eigenvalue weighted by molar-refractivity contribution is -0.140. The van der Waals surface area contributed by atoms with Crippen LogP contribution in [0.5, 0.6) is 17.2 Å². The zero-order valence-electron chi connectivity index (χ0n) is 20.1. The Morgan fingerprint density at radius 3 is 2.68 bits per heavy atom. The number of methoxy groups -OCH3 is 1. The molecule has 190 valence electrons. The summed E-state index contributed by atoms with van der Waals surface area (Å²) in [5.74, 6) is 0.866. The van der Waals surface area contributed by atoms with Gasteiger partial charge in [-0.15, -0.1) is 0 Å². The van der Waals surface area contributed by atoms with Gasteiger partial charge in [-0.25, -0.2) is 14.0 Å². The van der Waals surface area contributed by atoms with Gasteiger partial charge in [0.05, 0.1) is 18.7 Å². The number of carbonyl (C=O) groups excluding carboxylic acids is 2. The van der Waals surface area contributed by atoms with Gasteiger partial charge in [0.2, 0.25) is 6.79 Å². The van der Waals surface area contributed by atoms with Gasteiger partial charge in [-0.05, 0) is 65.9 Å². The molecule has 3 aromatic carbocycles. The average Bonchev–Trinajstić information content (AvgIpc) is 3.38. The van der Waals surface area contributed by atoms with Crippen LogP contribution in [0.3, 0.4) is 0 Å². The van der Waals surface area contributed by atoms with Gasteiger partial charge in [0.1, 0.15) is 18.2 Å². The molecule has 1 unspecified atom stereocenters. The number of halogens is 1. The van der Waals surface area contributed by atoms with E-state index < -0.39 is 23.9 Å². The molecule has 0 fully saturated rings. The highest BCUT2D eigenvalue weighted by Gasteiger charge is 2.34. The average molecular weight is 505 g/mol. The van der Waals surface area contributed by atoms with Crippen LogP contribution in [-0.4, -0.2) is 25.9 Å². The van der Waals surface area contributed by atoms with E-state index in [9.17, 15) is 14.0 Å². The lowest BCUT2D eigenvalue weighted by atomic mass is 9.93. The summed E-state index contributed by atoms with van der Waals surface area (Å²) in [5.41, 5.74) is 2.74. The maximum Gasteiger partial charge on any atom is 0.338 e. The number of esters is 1. The van der Waals surface area contributed by atoms with Crippen LogP contribution in [0.15, 0.2) is 78.0 Å². The normalized spacial score (nSPS) is 16.2. The predicted octanol–water partition coefficient (Wildman–Crippen LogP) is 4.55. The topological polar surface area (TPSA) is 95.1 Å². The van der Waals surface area contributed by atoms with Crippen LogP contribution in [0.2, 0.25) is 0 Å². The Balaban J connectivity index is 1.44. The van der Waals surface area contributed by atoms with Gasteiger partial charge in [-0.3, -0.25) is 0 Å². The second kappa shape index (κ2) is 10.6. The number of fused-ring (bicyclic) bond motifs is 1. The van der Waals surface area contributed by atoms with Crippen LogP contribution < -0.4 is 24.8 Å². The minimum Gasteiger partial charge on any atom is -0.497 e. The molecule has 2 N–H and O–H groups in total. The van der Waals surface area contributed by atoms with Crippen LogP contribution in [0.1, 0.15) is 29.2 Å². The number of nitrogens with one attached hydrogen (secondary N) is 2. The van der Waals surface area contributed by atoms with Crippen LogP contribution in [0, 0.1) is 5.82 Å². The Morgan fingerprint density at radius 2 is 1.84 bits per heavy atom. The van der Waals surface area contributed by atoms with Gasteiger partial charge in [-0.1, -0.05) is 30.3 Å². The van der Waals surface area contributed by atoms with Crippen LogP contribution in [-0.2, 0) is 22.6 Å². The number of allylic oxidation sites excluding steroid dienone is 1. The predicted molar refractivity (Wildman–Crippen MR) is 132 cm³/mol. The lowest BCUT2D eigenvalue weighted by Crippen LogP contribution is -2.46. The van der Waals surface area contributed by atoms with Gasteiger partial charge < -0.3 is 29.6 Å². The first-order valence-electron chi connectivity index (χ1n) is 11.7. The minimum absolute atomic E-state index is 0.00120. The van der Waals surface area contributed by atoms with E-state index in [2.05, 4.69) is 10.6 Å². The molecule has 0 aromatic heterocycles. The molecule has 2 amide bonds. The molecular formula is C28H25FN2O6. The minimum atomic E-state index is -0.881. The van der Waals surface area contributed by atoms with Crippen molar-refractivity contribution in [3.8, 4) is 17.2 Å². The first-order chi connectivity index (χ1) is 18.0. The van der Waals surface area contributed by atoms with Crippen molar-refractivity contribution in [2.75, 3.05) is 13.9 Å². The summed E-state index contributed by atoms with van der Waals surface area (Å²) in [6, 6.07) is 17.2. The number of hydrogen-bond donors (Lipinski definition) is 2. The van der Waals surface area contributed by atoms with E-state index in [4.69, 9.17) is 18.9 Å².